The lowest BCUT2D eigenvalue weighted by Crippen LogP contribution is -2.30. The Labute approximate surface area is 418 Å². The van der Waals surface area contributed by atoms with Crippen molar-refractivity contribution in [3.05, 3.63) is 12.2 Å². The van der Waals surface area contributed by atoms with E-state index in [0.29, 0.717) is 19.3 Å². The summed E-state index contributed by atoms with van der Waals surface area (Å²) in [6, 6.07) is 0. The third-order valence-electron chi connectivity index (χ3n) is 13.8. The van der Waals surface area contributed by atoms with Gasteiger partial charge in [-0.15, -0.1) is 0 Å². The first-order valence-electron chi connectivity index (χ1n) is 30.2. The van der Waals surface area contributed by atoms with Gasteiger partial charge in [0.15, 0.2) is 6.10 Å². The molecule has 0 bridgehead atoms. The fraction of sp³-hybridized carbons (Fsp3) is 0.918. The van der Waals surface area contributed by atoms with Crippen LogP contribution < -0.4 is 0 Å². The molecule has 0 saturated carbocycles. The largest absolute Gasteiger partial charge is 0.462 e. The summed E-state index contributed by atoms with van der Waals surface area (Å²) in [5.74, 6) is -0.839. The van der Waals surface area contributed by atoms with Crippen LogP contribution in [0.1, 0.15) is 342 Å². The van der Waals surface area contributed by atoms with Gasteiger partial charge in [0.05, 0.1) is 0 Å². The van der Waals surface area contributed by atoms with Crippen LogP contribution >= 0.6 is 0 Å². The van der Waals surface area contributed by atoms with Crippen molar-refractivity contribution in [1.29, 1.82) is 0 Å². The molecule has 0 aliphatic rings. The Bertz CT molecular complexity index is 1040. The van der Waals surface area contributed by atoms with Gasteiger partial charge in [0.1, 0.15) is 13.2 Å². The highest BCUT2D eigenvalue weighted by molar-refractivity contribution is 5.71. The molecule has 0 saturated heterocycles. The summed E-state index contributed by atoms with van der Waals surface area (Å²) in [6.45, 7) is 6.70. The Kier molecular flexibility index (Phi) is 55.2. The molecule has 0 aromatic rings. The summed E-state index contributed by atoms with van der Waals surface area (Å²) in [5, 5.41) is 0. The smallest absolute Gasteiger partial charge is 0.306 e. The molecule has 0 aliphatic heterocycles. The highest BCUT2D eigenvalue weighted by Crippen LogP contribution is 2.17. The first kappa shape index (κ1) is 65.1. The molecule has 0 N–H and O–H groups in total. The third-order valence-corrected chi connectivity index (χ3v) is 13.8. The molecule has 6 heteroatoms. The fourth-order valence-corrected chi connectivity index (χ4v) is 9.21. The topological polar surface area (TPSA) is 78.9 Å². The lowest BCUT2D eigenvalue weighted by molar-refractivity contribution is -0.167. The van der Waals surface area contributed by atoms with Crippen LogP contribution in [0.5, 0.6) is 0 Å². The molecule has 0 radical (unpaired) electrons. The molecule has 0 amide bonds. The van der Waals surface area contributed by atoms with Gasteiger partial charge in [-0.3, -0.25) is 14.4 Å². The number of esters is 3. The number of allylic oxidation sites excluding steroid dienone is 2. The van der Waals surface area contributed by atoms with E-state index in [-0.39, 0.29) is 31.1 Å². The maximum absolute atomic E-state index is 12.9. The minimum atomic E-state index is -0.765. The molecule has 0 fully saturated rings. The standard InChI is InChI=1S/C61H116O6/c1-4-7-10-13-16-19-22-25-28-29-30-31-34-36-39-42-45-48-51-54-60(63)66-57-58(67-61(64)55-52-49-46-43-40-37-33-27-24-21-18-15-12-9-6-3)56-65-59(62)53-50-47-44-41-38-35-32-26-23-20-17-14-11-8-5-2/h25,28,58H,4-24,26-27,29-57H2,1-3H3/b28-25-. The summed E-state index contributed by atoms with van der Waals surface area (Å²) in [6.07, 6.45) is 64.9. The average Bonchev–Trinajstić information content (AvgIpc) is 3.33. The van der Waals surface area contributed by atoms with Crippen molar-refractivity contribution in [3.8, 4) is 0 Å². The van der Waals surface area contributed by atoms with Crippen molar-refractivity contribution in [1.82, 2.24) is 0 Å². The number of hydrogen-bond donors (Lipinski definition) is 0. The van der Waals surface area contributed by atoms with Gasteiger partial charge in [-0.2, -0.15) is 0 Å². The first-order valence-corrected chi connectivity index (χ1v) is 30.2. The minimum absolute atomic E-state index is 0.0641. The highest BCUT2D eigenvalue weighted by atomic mass is 16.6. The maximum atomic E-state index is 12.9. The van der Waals surface area contributed by atoms with E-state index in [1.54, 1.807) is 0 Å². The summed E-state index contributed by atoms with van der Waals surface area (Å²) < 4.78 is 16.9. The Morgan fingerprint density at radius 1 is 0.284 bits per heavy atom. The number of hydrogen-bond acceptors (Lipinski definition) is 6. The molecule has 67 heavy (non-hydrogen) atoms. The van der Waals surface area contributed by atoms with Crippen molar-refractivity contribution in [2.24, 2.45) is 0 Å². The van der Waals surface area contributed by atoms with E-state index in [1.807, 2.05) is 0 Å². The lowest BCUT2D eigenvalue weighted by Gasteiger charge is -2.18. The van der Waals surface area contributed by atoms with Gasteiger partial charge in [0.25, 0.3) is 0 Å². The molecule has 396 valence electrons. The average molecular weight is 946 g/mol. The Morgan fingerprint density at radius 3 is 0.746 bits per heavy atom. The van der Waals surface area contributed by atoms with Gasteiger partial charge >= 0.3 is 17.9 Å². The third kappa shape index (κ3) is 55.0. The summed E-state index contributed by atoms with van der Waals surface area (Å²) in [7, 11) is 0. The van der Waals surface area contributed by atoms with E-state index in [9.17, 15) is 14.4 Å². The fourth-order valence-electron chi connectivity index (χ4n) is 9.21. The first-order chi connectivity index (χ1) is 33.0. The number of unbranched alkanes of at least 4 members (excludes halogenated alkanes) is 43. The van der Waals surface area contributed by atoms with E-state index in [4.69, 9.17) is 14.2 Å². The Morgan fingerprint density at radius 2 is 0.493 bits per heavy atom. The number of carbonyl (C=O) groups excluding carboxylic acids is 3. The molecule has 0 spiro atoms. The molecular weight excluding hydrogens is 829 g/mol. The molecule has 0 heterocycles. The molecule has 0 rings (SSSR count). The molecule has 0 aromatic heterocycles. The zero-order chi connectivity index (χ0) is 48.6. The van der Waals surface area contributed by atoms with Crippen LogP contribution in [0, 0.1) is 0 Å². The predicted molar refractivity (Wildman–Crippen MR) is 289 cm³/mol. The quantitative estimate of drug-likeness (QED) is 0.0262. The molecule has 0 aromatic carbocycles. The van der Waals surface area contributed by atoms with Gasteiger partial charge in [-0.25, -0.2) is 0 Å². The van der Waals surface area contributed by atoms with Crippen LogP contribution in [0.2, 0.25) is 0 Å². The zero-order valence-corrected chi connectivity index (χ0v) is 45.5. The van der Waals surface area contributed by atoms with Crippen molar-refractivity contribution in [3.63, 3.8) is 0 Å². The van der Waals surface area contributed by atoms with E-state index in [0.717, 1.165) is 57.8 Å². The van der Waals surface area contributed by atoms with Gasteiger partial charge in [-0.1, -0.05) is 290 Å². The summed E-state index contributed by atoms with van der Waals surface area (Å²) in [5.41, 5.74) is 0. The van der Waals surface area contributed by atoms with Crippen molar-refractivity contribution in [2.75, 3.05) is 13.2 Å². The Balaban J connectivity index is 4.29. The van der Waals surface area contributed by atoms with Crippen LogP contribution in [-0.2, 0) is 28.6 Å². The van der Waals surface area contributed by atoms with Crippen molar-refractivity contribution < 1.29 is 28.6 Å². The number of carbonyl (C=O) groups is 3. The monoisotopic (exact) mass is 945 g/mol. The lowest BCUT2D eigenvalue weighted by atomic mass is 10.0. The molecule has 0 aliphatic carbocycles. The second-order valence-corrected chi connectivity index (χ2v) is 20.6. The van der Waals surface area contributed by atoms with Crippen LogP contribution in [0.25, 0.3) is 0 Å². The Hall–Kier alpha value is -1.85. The van der Waals surface area contributed by atoms with Crippen LogP contribution in [0.15, 0.2) is 12.2 Å². The van der Waals surface area contributed by atoms with E-state index in [1.165, 1.54) is 244 Å². The van der Waals surface area contributed by atoms with Gasteiger partial charge < -0.3 is 14.2 Å². The number of ether oxygens (including phenoxy) is 3. The van der Waals surface area contributed by atoms with Crippen molar-refractivity contribution in [2.45, 2.75) is 348 Å². The SMILES string of the molecule is CCCCCCCC/C=C\CCCCCCCCCCCC(=O)OCC(COC(=O)CCCCCCCCCCCCCCCCC)OC(=O)CCCCCCCCCCCCCCCCC. The highest BCUT2D eigenvalue weighted by Gasteiger charge is 2.19. The predicted octanol–water partition coefficient (Wildman–Crippen LogP) is 20.1. The van der Waals surface area contributed by atoms with Crippen LogP contribution in [0.4, 0.5) is 0 Å². The minimum Gasteiger partial charge on any atom is -0.462 e. The summed E-state index contributed by atoms with van der Waals surface area (Å²) in [4.78, 5) is 38.2. The maximum Gasteiger partial charge on any atom is 0.306 e. The zero-order valence-electron chi connectivity index (χ0n) is 45.5. The molecule has 1 unspecified atom stereocenters. The molecular formula is C61H116O6. The number of rotatable bonds is 56. The summed E-state index contributed by atoms with van der Waals surface area (Å²) >= 11 is 0. The second kappa shape index (κ2) is 56.7. The van der Waals surface area contributed by atoms with Crippen LogP contribution in [0.3, 0.4) is 0 Å². The van der Waals surface area contributed by atoms with E-state index >= 15 is 0 Å². The van der Waals surface area contributed by atoms with E-state index < -0.39 is 6.10 Å². The molecule has 6 nitrogen and oxygen atoms in total. The van der Waals surface area contributed by atoms with Gasteiger partial charge in [0, 0.05) is 19.3 Å². The normalized spacial score (nSPS) is 12.0. The van der Waals surface area contributed by atoms with Gasteiger partial charge in [-0.05, 0) is 44.9 Å². The van der Waals surface area contributed by atoms with Gasteiger partial charge in [0.2, 0.25) is 0 Å². The van der Waals surface area contributed by atoms with Crippen LogP contribution in [-0.4, -0.2) is 37.2 Å². The van der Waals surface area contributed by atoms with Crippen molar-refractivity contribution >= 4 is 17.9 Å². The molecule has 1 atom stereocenters. The van der Waals surface area contributed by atoms with E-state index in [2.05, 4.69) is 32.9 Å². The second-order valence-electron chi connectivity index (χ2n) is 20.6.